The lowest BCUT2D eigenvalue weighted by molar-refractivity contribution is -0.320. The number of hydrogen-bond donors (Lipinski definition) is 13. The van der Waals surface area contributed by atoms with Crippen LogP contribution in [0.25, 0.3) is 0 Å². The second-order valence-electron chi connectivity index (χ2n) is 25.0. The summed E-state index contributed by atoms with van der Waals surface area (Å²) in [4.78, 5) is 136. The van der Waals surface area contributed by atoms with Gasteiger partial charge in [0.15, 0.2) is 0 Å². The number of ether oxygens (including phenoxy) is 15. The van der Waals surface area contributed by atoms with Crippen molar-refractivity contribution >= 4 is 64.9 Å². The van der Waals surface area contributed by atoms with Crippen LogP contribution in [0.3, 0.4) is 0 Å². The number of aliphatic hydroxyl groups excluding tert-OH is 8. The number of hydrogen-bond acceptors (Lipinski definition) is 35. The predicted octanol–water partition coefficient (Wildman–Crippen LogP) is -6.29. The molecule has 42 nitrogen and oxygen atoms in total. The van der Waals surface area contributed by atoms with Crippen LogP contribution in [0.2, 0.25) is 0 Å². The molecule has 6 amide bonds. The number of Topliss-reactive ketones (excluding diaryl/α,β-unsaturated/α-hetero) is 2. The Bertz CT molecular complexity index is 2790. The topological polar surface area (TPSA) is 580 Å². The van der Waals surface area contributed by atoms with Gasteiger partial charge in [0.05, 0.1) is 195 Å². The van der Waals surface area contributed by atoms with E-state index in [9.17, 15) is 104 Å². The van der Waals surface area contributed by atoms with Gasteiger partial charge in [-0.05, 0) is 26.7 Å². The zero-order valence-corrected chi connectivity index (χ0v) is 62.1. The number of imide groups is 1. The van der Waals surface area contributed by atoms with E-state index in [1.54, 1.807) is 0 Å². The lowest BCUT2D eigenvalue weighted by atomic mass is 9.80. The quantitative estimate of drug-likeness (QED) is 0.0199. The average Bonchev–Trinajstić information content (AvgIpc) is 1.26. The third kappa shape index (κ3) is 38.2. The molecule has 0 aromatic rings. The summed E-state index contributed by atoms with van der Waals surface area (Å²) in [6, 6.07) is 0. The third-order valence-electron chi connectivity index (χ3n) is 16.3. The van der Waals surface area contributed by atoms with Crippen LogP contribution in [0, 0.1) is 11.8 Å². The number of aliphatic carboxylic acids is 2. The molecule has 13 N–H and O–H groups in total. The minimum atomic E-state index is -2.51. The monoisotopic (exact) mass is 1590 g/mol. The van der Waals surface area contributed by atoms with E-state index in [2.05, 4.69) is 22.5 Å². The van der Waals surface area contributed by atoms with Crippen LogP contribution in [-0.4, -0.2) is 384 Å². The van der Waals surface area contributed by atoms with Crippen LogP contribution in [0.4, 0.5) is 0 Å². The highest BCUT2D eigenvalue weighted by Crippen LogP contribution is 2.40. The molecule has 110 heavy (non-hydrogen) atoms. The van der Waals surface area contributed by atoms with Crippen LogP contribution in [0.5, 0.6) is 0 Å². The molecular weight excluding hydrogens is 1480 g/mol. The minimum Gasteiger partial charge on any atom is -0.477 e. The summed E-state index contributed by atoms with van der Waals surface area (Å²) in [7, 11) is 0. The fourth-order valence-electron chi connectivity index (χ4n) is 10.7. The molecular formula is C68H111N5O37. The number of allylic oxidation sites excluding steroid dienone is 1. The number of carbonyl (C=O) groups excluding carboxylic acids is 9. The van der Waals surface area contributed by atoms with E-state index in [0.29, 0.717) is 97.8 Å². The lowest BCUT2D eigenvalue weighted by Gasteiger charge is -2.46. The summed E-state index contributed by atoms with van der Waals surface area (Å²) in [5, 5.41) is 109. The number of rotatable bonds is 62. The number of aliphatic hydroxyl groups is 8. The van der Waals surface area contributed by atoms with E-state index < -0.39 is 154 Å². The minimum absolute atomic E-state index is 0.00887. The fraction of sp³-hybridized carbons (Fsp3) is 0.779. The first-order valence-electron chi connectivity index (χ1n) is 35.9. The van der Waals surface area contributed by atoms with Gasteiger partial charge in [0.1, 0.15) is 49.2 Å². The van der Waals surface area contributed by atoms with Gasteiger partial charge in [0, 0.05) is 88.7 Å². The molecule has 12 atom stereocenters. The van der Waals surface area contributed by atoms with E-state index in [-0.39, 0.29) is 147 Å². The van der Waals surface area contributed by atoms with Crippen molar-refractivity contribution in [2.24, 2.45) is 11.8 Å². The molecule has 0 radical (unpaired) electrons. The normalized spacial score (nSPS) is 22.3. The van der Waals surface area contributed by atoms with Crippen molar-refractivity contribution in [3.8, 4) is 0 Å². The van der Waals surface area contributed by atoms with Gasteiger partial charge in [-0.1, -0.05) is 6.58 Å². The third-order valence-corrected chi connectivity index (χ3v) is 16.3. The Morgan fingerprint density at radius 3 is 1.22 bits per heavy atom. The smallest absolute Gasteiger partial charge is 0.364 e. The lowest BCUT2D eigenvalue weighted by Crippen LogP contribution is -2.62. The van der Waals surface area contributed by atoms with Gasteiger partial charge in [0.2, 0.25) is 17.7 Å². The van der Waals surface area contributed by atoms with Crippen molar-refractivity contribution in [3.05, 3.63) is 24.4 Å². The second-order valence-corrected chi connectivity index (χ2v) is 25.0. The second kappa shape index (κ2) is 55.7. The highest BCUT2D eigenvalue weighted by molar-refractivity contribution is 6.12. The molecule has 0 aliphatic carbocycles. The van der Waals surface area contributed by atoms with E-state index in [1.165, 1.54) is 26.0 Å². The molecule has 4 aliphatic heterocycles. The van der Waals surface area contributed by atoms with Crippen molar-refractivity contribution in [1.29, 1.82) is 0 Å². The maximum absolute atomic E-state index is 12.1. The molecule has 12 unspecified atom stereocenters. The molecule has 42 heteroatoms. The van der Waals surface area contributed by atoms with Crippen LogP contribution in [-0.2, 0) is 129 Å². The Hall–Kier alpha value is -6.67. The zero-order chi connectivity index (χ0) is 81.3. The summed E-state index contributed by atoms with van der Waals surface area (Å²) >= 11 is 0. The number of carbonyl (C=O) groups is 11. The van der Waals surface area contributed by atoms with Crippen LogP contribution in [0.15, 0.2) is 24.4 Å². The van der Waals surface area contributed by atoms with Crippen molar-refractivity contribution in [1.82, 2.24) is 25.9 Å². The van der Waals surface area contributed by atoms with Crippen molar-refractivity contribution in [3.63, 3.8) is 0 Å². The largest absolute Gasteiger partial charge is 0.477 e. The maximum Gasteiger partial charge on any atom is 0.364 e. The standard InChI is InChI=1S/C36H61NO20.C32H50N4O17/c1-26-3-4-31(42)37(26)57-32(43)5-6-47-7-8-48-9-10-49-11-12-50-13-14-51-15-16-52-17-18-53-19-20-54-21-22-55-36(35(45)46)24-29(40)28(23-27(2)39)34(56-36)33(44)30(41)25-38;1-20(38)15-21-22(39)16-32(31(47)48,53-30(21)29(46)23(40)17-37)52-12-8-35-26(43)19-51-18-25(42)34-7-11-50-14-13-49-10-6-33-24(41)3-2-9-36-27(44)4-5-28(36)45/h28-30,33-34,38,40-41,44H,1,3-25H2,2H3,(H,45,46);4-5,21-23,29-30,37,39-40,46H,2-3,6-19H2,1H3,(H,33,41)(H,34,42)(H,35,43)(H,47,48). The molecule has 3 saturated heterocycles. The Morgan fingerprint density at radius 2 is 0.855 bits per heavy atom. The summed E-state index contributed by atoms with van der Waals surface area (Å²) in [5.41, 5.74) is 0.469. The molecule has 3 fully saturated rings. The van der Waals surface area contributed by atoms with Crippen molar-refractivity contribution in [2.75, 3.05) is 198 Å². The molecule has 4 rings (SSSR count). The van der Waals surface area contributed by atoms with Gasteiger partial charge in [-0.15, -0.1) is 5.06 Å². The summed E-state index contributed by atoms with van der Waals surface area (Å²) in [5.74, 6) is -14.1. The number of nitrogens with one attached hydrogen (secondary N) is 3. The molecule has 0 saturated carbocycles. The highest BCUT2D eigenvalue weighted by atomic mass is 16.7. The van der Waals surface area contributed by atoms with Crippen molar-refractivity contribution < 1.29 is 180 Å². The number of ketones is 2. The molecule has 0 aromatic carbocycles. The highest BCUT2D eigenvalue weighted by Gasteiger charge is 2.57. The van der Waals surface area contributed by atoms with Gasteiger partial charge >= 0.3 is 17.9 Å². The number of carboxylic acids is 2. The maximum atomic E-state index is 12.1. The van der Waals surface area contributed by atoms with E-state index in [1.807, 2.05) is 0 Å². The molecule has 4 aliphatic rings. The van der Waals surface area contributed by atoms with E-state index >= 15 is 0 Å². The SMILES string of the molecule is C=C1CCC(=O)N1OC(=O)CCOCCOCCOCCOCCOCCOCCOCCOCCOC1(C(=O)O)CC(O)C(CC(C)=O)C(C(O)C(O)CO)O1.CC(=O)CC1C(O)CC(OCCNC(=O)COCC(=O)NCCOCCOCCNC(=O)CCCN2C(=O)C=CC2=O)(C(=O)O)OC1C(O)C(O)CO. The van der Waals surface area contributed by atoms with Gasteiger partial charge < -0.3 is 152 Å². The Morgan fingerprint density at radius 1 is 0.500 bits per heavy atom. The number of amides is 6. The molecule has 630 valence electrons. The molecule has 0 bridgehead atoms. The van der Waals surface area contributed by atoms with E-state index in [0.717, 1.165) is 9.96 Å². The number of carboxylic acid groups (broad SMARTS) is 2. The van der Waals surface area contributed by atoms with Gasteiger partial charge in [-0.25, -0.2) is 14.4 Å². The van der Waals surface area contributed by atoms with Gasteiger partial charge in [-0.3, -0.25) is 33.7 Å². The summed E-state index contributed by atoms with van der Waals surface area (Å²) < 4.78 is 81.0. The van der Waals surface area contributed by atoms with Crippen LogP contribution >= 0.6 is 0 Å². The zero-order valence-electron chi connectivity index (χ0n) is 62.1. The molecule has 0 spiro atoms. The van der Waals surface area contributed by atoms with E-state index in [4.69, 9.17) is 75.9 Å². The number of hydroxylamine groups is 2. The van der Waals surface area contributed by atoms with Crippen LogP contribution < -0.4 is 16.0 Å². The first kappa shape index (κ1) is 97.5. The predicted molar refractivity (Wildman–Crippen MR) is 368 cm³/mol. The Balaban J connectivity index is 0.000000572. The first-order chi connectivity index (χ1) is 52.6. The fourth-order valence-corrected chi connectivity index (χ4v) is 10.7. The Labute approximate surface area is 634 Å². The Kier molecular flexibility index (Phi) is 49.4. The molecule has 0 aromatic heterocycles. The first-order valence-corrected chi connectivity index (χ1v) is 35.9. The van der Waals surface area contributed by atoms with Crippen LogP contribution in [0.1, 0.15) is 71.6 Å². The van der Waals surface area contributed by atoms with Crippen molar-refractivity contribution in [2.45, 2.75) is 132 Å². The summed E-state index contributed by atoms with van der Waals surface area (Å²) in [6.45, 7) is 8.84. The van der Waals surface area contributed by atoms with Gasteiger partial charge in [-0.2, -0.15) is 0 Å². The number of nitrogens with zero attached hydrogens (tertiary/aromatic N) is 2. The average molecular weight is 1590 g/mol. The van der Waals surface area contributed by atoms with Gasteiger partial charge in [0.25, 0.3) is 29.3 Å². The molecule has 4 heterocycles. The summed E-state index contributed by atoms with van der Waals surface area (Å²) in [6.07, 6.45) is -11.2.